The van der Waals surface area contributed by atoms with Gasteiger partial charge >= 0.3 is 0 Å². The summed E-state index contributed by atoms with van der Waals surface area (Å²) in [5, 5.41) is 4.11. The highest BCUT2D eigenvalue weighted by Gasteiger charge is 2.05. The Bertz CT molecular complexity index is 537. The van der Waals surface area contributed by atoms with Gasteiger partial charge in [0.05, 0.1) is 11.4 Å². The van der Waals surface area contributed by atoms with E-state index in [1.165, 1.54) is 0 Å². The maximum atomic E-state index is 5.86. The van der Waals surface area contributed by atoms with Crippen LogP contribution in [0.1, 0.15) is 18.5 Å². The minimum atomic E-state index is 0.172. The van der Waals surface area contributed by atoms with Crippen molar-refractivity contribution in [2.75, 3.05) is 16.8 Å². The fraction of sp³-hybridized carbons (Fsp3) is 0.143. The summed E-state index contributed by atoms with van der Waals surface area (Å²) >= 11 is 5.86. The zero-order chi connectivity index (χ0) is 13.1. The highest BCUT2D eigenvalue weighted by atomic mass is 35.5. The lowest BCUT2D eigenvalue weighted by atomic mass is 10.1. The Hall–Kier alpha value is -1.87. The zero-order valence-electron chi connectivity index (χ0n) is 10.2. The lowest BCUT2D eigenvalue weighted by Gasteiger charge is -2.16. The van der Waals surface area contributed by atoms with Crippen LogP contribution in [-0.4, -0.2) is 0 Å². The fourth-order valence-electron chi connectivity index (χ4n) is 1.75. The molecule has 3 nitrogen and oxygen atoms in total. The van der Waals surface area contributed by atoms with Crippen molar-refractivity contribution in [3.8, 4) is 0 Å². The van der Waals surface area contributed by atoms with Gasteiger partial charge in [-0.15, -0.1) is 0 Å². The van der Waals surface area contributed by atoms with Gasteiger partial charge < -0.3 is 16.8 Å². The maximum absolute atomic E-state index is 5.86. The summed E-state index contributed by atoms with van der Waals surface area (Å²) < 4.78 is 0. The molecule has 0 amide bonds. The molecular weight excluding hydrogens is 246 g/mol. The van der Waals surface area contributed by atoms with Gasteiger partial charge in [-0.3, -0.25) is 0 Å². The quantitative estimate of drug-likeness (QED) is 0.739. The van der Waals surface area contributed by atoms with Gasteiger partial charge in [0.1, 0.15) is 0 Å². The monoisotopic (exact) mass is 261 g/mol. The molecule has 5 N–H and O–H groups in total. The average molecular weight is 262 g/mol. The molecule has 0 spiro atoms. The van der Waals surface area contributed by atoms with Gasteiger partial charge in [0.2, 0.25) is 0 Å². The van der Waals surface area contributed by atoms with Crippen LogP contribution in [0.3, 0.4) is 0 Å². The number of nitrogens with one attached hydrogen (secondary N) is 1. The third kappa shape index (κ3) is 2.87. The molecule has 18 heavy (non-hydrogen) atoms. The van der Waals surface area contributed by atoms with Crippen molar-refractivity contribution in [3.63, 3.8) is 0 Å². The van der Waals surface area contributed by atoms with Gasteiger partial charge in [-0.1, -0.05) is 23.7 Å². The van der Waals surface area contributed by atoms with E-state index < -0.39 is 0 Å². The second-order valence-corrected chi connectivity index (χ2v) is 4.70. The normalized spacial score (nSPS) is 12.1. The van der Waals surface area contributed by atoms with Crippen LogP contribution >= 0.6 is 11.6 Å². The van der Waals surface area contributed by atoms with Crippen LogP contribution in [0.5, 0.6) is 0 Å². The molecule has 1 atom stereocenters. The molecule has 94 valence electrons. The van der Waals surface area contributed by atoms with E-state index in [9.17, 15) is 0 Å². The van der Waals surface area contributed by atoms with Crippen molar-refractivity contribution in [2.45, 2.75) is 13.0 Å². The van der Waals surface area contributed by atoms with E-state index in [1.807, 2.05) is 36.4 Å². The number of hydrogen-bond acceptors (Lipinski definition) is 3. The van der Waals surface area contributed by atoms with Crippen LogP contribution in [-0.2, 0) is 0 Å². The van der Waals surface area contributed by atoms with Crippen molar-refractivity contribution in [2.24, 2.45) is 0 Å². The van der Waals surface area contributed by atoms with E-state index in [0.717, 1.165) is 16.3 Å². The van der Waals surface area contributed by atoms with Gasteiger partial charge in [-0.2, -0.15) is 0 Å². The molecule has 0 aliphatic carbocycles. The Morgan fingerprint density at radius 1 is 1.00 bits per heavy atom. The minimum Gasteiger partial charge on any atom is -0.397 e. The molecule has 2 rings (SSSR count). The van der Waals surface area contributed by atoms with Gasteiger partial charge in [0, 0.05) is 16.8 Å². The molecule has 2 aromatic rings. The highest BCUT2D eigenvalue weighted by molar-refractivity contribution is 6.30. The molecule has 0 saturated carbocycles. The molecule has 0 radical (unpaired) electrons. The standard InChI is InChI=1S/C14H16ClN3/c1-9(10-2-4-11(15)5-3-10)18-12-6-7-13(16)14(17)8-12/h2-9,18H,16-17H2,1H3. The zero-order valence-corrected chi connectivity index (χ0v) is 10.9. The highest BCUT2D eigenvalue weighted by Crippen LogP contribution is 2.24. The molecule has 1 unspecified atom stereocenters. The number of nitrogens with two attached hydrogens (primary N) is 2. The first kappa shape index (κ1) is 12.6. The van der Waals surface area contributed by atoms with Gasteiger partial charge in [0.15, 0.2) is 0 Å². The molecule has 0 saturated heterocycles. The summed E-state index contributed by atoms with van der Waals surface area (Å²) in [6.45, 7) is 2.08. The number of halogens is 1. The van der Waals surface area contributed by atoms with Crippen LogP contribution in [0.15, 0.2) is 42.5 Å². The molecular formula is C14H16ClN3. The first-order chi connectivity index (χ1) is 8.56. The first-order valence-electron chi connectivity index (χ1n) is 5.73. The molecule has 2 aromatic carbocycles. The smallest absolute Gasteiger partial charge is 0.0568 e. The molecule has 0 bridgehead atoms. The number of nitrogen functional groups attached to an aromatic ring is 2. The molecule has 0 fully saturated rings. The summed E-state index contributed by atoms with van der Waals surface area (Å²) in [6.07, 6.45) is 0. The predicted molar refractivity (Wildman–Crippen MR) is 78.8 cm³/mol. The Morgan fingerprint density at radius 3 is 2.28 bits per heavy atom. The average Bonchev–Trinajstić information content (AvgIpc) is 2.34. The second kappa shape index (κ2) is 5.19. The van der Waals surface area contributed by atoms with Gasteiger partial charge in [-0.05, 0) is 42.8 Å². The van der Waals surface area contributed by atoms with Crippen LogP contribution in [0.4, 0.5) is 17.1 Å². The summed E-state index contributed by atoms with van der Waals surface area (Å²) in [4.78, 5) is 0. The second-order valence-electron chi connectivity index (χ2n) is 4.26. The van der Waals surface area contributed by atoms with E-state index in [1.54, 1.807) is 6.07 Å². The number of benzene rings is 2. The first-order valence-corrected chi connectivity index (χ1v) is 6.11. The lowest BCUT2D eigenvalue weighted by Crippen LogP contribution is -2.07. The summed E-state index contributed by atoms with van der Waals surface area (Å²) in [5.74, 6) is 0. The summed E-state index contributed by atoms with van der Waals surface area (Å²) in [6, 6.07) is 13.5. The van der Waals surface area contributed by atoms with E-state index in [-0.39, 0.29) is 6.04 Å². The Kier molecular flexibility index (Phi) is 3.63. The third-order valence-corrected chi connectivity index (χ3v) is 3.09. The Morgan fingerprint density at radius 2 is 1.67 bits per heavy atom. The van der Waals surface area contributed by atoms with E-state index in [0.29, 0.717) is 11.4 Å². The number of hydrogen-bond donors (Lipinski definition) is 3. The minimum absolute atomic E-state index is 0.172. The fourth-order valence-corrected chi connectivity index (χ4v) is 1.88. The SMILES string of the molecule is CC(Nc1ccc(N)c(N)c1)c1ccc(Cl)cc1. The summed E-state index contributed by atoms with van der Waals surface area (Å²) in [5.41, 5.74) is 14.7. The van der Waals surface area contributed by atoms with Gasteiger partial charge in [-0.25, -0.2) is 0 Å². The lowest BCUT2D eigenvalue weighted by molar-refractivity contribution is 0.885. The maximum Gasteiger partial charge on any atom is 0.0568 e. The van der Waals surface area contributed by atoms with E-state index in [2.05, 4.69) is 12.2 Å². The summed E-state index contributed by atoms with van der Waals surface area (Å²) in [7, 11) is 0. The molecule has 0 aliphatic rings. The molecule has 4 heteroatoms. The topological polar surface area (TPSA) is 64.1 Å². The van der Waals surface area contributed by atoms with Crippen molar-refractivity contribution < 1.29 is 0 Å². The van der Waals surface area contributed by atoms with E-state index >= 15 is 0 Å². The van der Waals surface area contributed by atoms with Crippen LogP contribution < -0.4 is 16.8 Å². The Labute approximate surface area is 112 Å². The Balaban J connectivity index is 2.13. The van der Waals surface area contributed by atoms with Crippen LogP contribution in [0.2, 0.25) is 5.02 Å². The van der Waals surface area contributed by atoms with Crippen LogP contribution in [0, 0.1) is 0 Å². The number of rotatable bonds is 3. The van der Waals surface area contributed by atoms with Crippen LogP contribution in [0.25, 0.3) is 0 Å². The number of anilines is 3. The van der Waals surface area contributed by atoms with Crippen molar-refractivity contribution >= 4 is 28.7 Å². The molecule has 0 aromatic heterocycles. The third-order valence-electron chi connectivity index (χ3n) is 2.84. The molecule has 0 aliphatic heterocycles. The van der Waals surface area contributed by atoms with Crippen molar-refractivity contribution in [3.05, 3.63) is 53.1 Å². The predicted octanol–water partition coefficient (Wildman–Crippen LogP) is 3.68. The van der Waals surface area contributed by atoms with Gasteiger partial charge in [0.25, 0.3) is 0 Å². The molecule has 0 heterocycles. The van der Waals surface area contributed by atoms with Crippen molar-refractivity contribution in [1.82, 2.24) is 0 Å². The van der Waals surface area contributed by atoms with E-state index in [4.69, 9.17) is 23.1 Å². The van der Waals surface area contributed by atoms with Crippen molar-refractivity contribution in [1.29, 1.82) is 0 Å². The largest absolute Gasteiger partial charge is 0.397 e.